The number of carbonyl (C=O) groups excluding carboxylic acids is 1. The second-order valence-corrected chi connectivity index (χ2v) is 6.31. The van der Waals surface area contributed by atoms with E-state index in [1.807, 2.05) is 0 Å². The van der Waals surface area contributed by atoms with Crippen molar-refractivity contribution in [3.63, 3.8) is 0 Å². The molecule has 0 spiro atoms. The van der Waals surface area contributed by atoms with E-state index in [4.69, 9.17) is 14.2 Å². The lowest BCUT2D eigenvalue weighted by Crippen LogP contribution is -2.60. The lowest BCUT2D eigenvalue weighted by molar-refractivity contribution is -0.327. The summed E-state index contributed by atoms with van der Waals surface area (Å²) in [5.74, 6) is -2.86. The minimum atomic E-state index is -1.66. The molecular formula is C17H24O11. The zero-order chi connectivity index (χ0) is 21.0. The monoisotopic (exact) mass is 404 g/mol. The molecule has 2 rings (SSSR count). The van der Waals surface area contributed by atoms with Crippen LogP contribution in [-0.2, 0) is 28.5 Å². The van der Waals surface area contributed by atoms with Crippen LogP contribution in [0.15, 0.2) is 23.5 Å². The van der Waals surface area contributed by atoms with Gasteiger partial charge in [-0.3, -0.25) is 4.79 Å². The summed E-state index contributed by atoms with van der Waals surface area (Å²) in [4.78, 5) is 23.2. The number of allylic oxidation sites excluding steroid dienone is 1. The maximum absolute atomic E-state index is 11.9. The third-order valence-corrected chi connectivity index (χ3v) is 4.61. The summed E-state index contributed by atoms with van der Waals surface area (Å²) in [5.41, 5.74) is 0.244. The average molecular weight is 404 g/mol. The molecule has 0 aromatic rings. The Hall–Kier alpha value is -2.02. The second-order valence-electron chi connectivity index (χ2n) is 6.31. The van der Waals surface area contributed by atoms with Crippen molar-refractivity contribution < 1.29 is 54.1 Å². The topological polar surface area (TPSA) is 172 Å². The Balaban J connectivity index is 2.26. The molecule has 0 amide bonds. The molecular weight excluding hydrogens is 380 g/mol. The van der Waals surface area contributed by atoms with Gasteiger partial charge >= 0.3 is 11.9 Å². The molecule has 11 heteroatoms. The highest BCUT2D eigenvalue weighted by atomic mass is 16.8. The highest BCUT2D eigenvalue weighted by molar-refractivity contribution is 5.90. The van der Waals surface area contributed by atoms with E-state index in [9.17, 15) is 35.1 Å². The number of carboxylic acid groups (broad SMARTS) is 1. The van der Waals surface area contributed by atoms with Crippen molar-refractivity contribution in [3.8, 4) is 0 Å². The van der Waals surface area contributed by atoms with Crippen LogP contribution in [0.3, 0.4) is 0 Å². The number of aliphatic hydroxyl groups excluding tert-OH is 4. The molecule has 0 unspecified atom stereocenters. The molecule has 1 fully saturated rings. The summed E-state index contributed by atoms with van der Waals surface area (Å²) in [5, 5.41) is 48.2. The largest absolute Gasteiger partial charge is 0.481 e. The second kappa shape index (κ2) is 9.45. The number of methoxy groups -OCH3 is 1. The number of aliphatic hydroxyl groups is 4. The van der Waals surface area contributed by atoms with Crippen LogP contribution in [-0.4, -0.2) is 88.2 Å². The molecule has 2 aliphatic heterocycles. The van der Waals surface area contributed by atoms with Crippen molar-refractivity contribution in [2.75, 3.05) is 13.7 Å². The third-order valence-electron chi connectivity index (χ3n) is 4.61. The summed E-state index contributed by atoms with van der Waals surface area (Å²) < 4.78 is 20.8. The van der Waals surface area contributed by atoms with Crippen LogP contribution in [0, 0.1) is 5.92 Å². The Bertz CT molecular complexity index is 641. The molecule has 0 aliphatic carbocycles. The van der Waals surface area contributed by atoms with Gasteiger partial charge in [-0.2, -0.15) is 0 Å². The van der Waals surface area contributed by atoms with Gasteiger partial charge in [0.15, 0.2) is 6.29 Å². The molecule has 0 aromatic heterocycles. The van der Waals surface area contributed by atoms with E-state index in [-0.39, 0.29) is 11.1 Å². The van der Waals surface area contributed by atoms with E-state index in [1.54, 1.807) is 6.92 Å². The number of hydrogen-bond acceptors (Lipinski definition) is 10. The maximum atomic E-state index is 11.9. The van der Waals surface area contributed by atoms with E-state index in [0.29, 0.717) is 0 Å². The molecule has 11 nitrogen and oxygen atoms in total. The smallest absolute Gasteiger partial charge is 0.337 e. The van der Waals surface area contributed by atoms with Gasteiger partial charge in [-0.15, -0.1) is 0 Å². The molecule has 0 saturated carbocycles. The van der Waals surface area contributed by atoms with Crippen LogP contribution in [0.1, 0.15) is 13.3 Å². The van der Waals surface area contributed by atoms with Gasteiger partial charge in [0.1, 0.15) is 24.4 Å². The van der Waals surface area contributed by atoms with Gasteiger partial charge in [-0.25, -0.2) is 4.79 Å². The van der Waals surface area contributed by atoms with Crippen molar-refractivity contribution in [1.82, 2.24) is 0 Å². The first kappa shape index (κ1) is 22.3. The van der Waals surface area contributed by atoms with Crippen LogP contribution >= 0.6 is 0 Å². The molecule has 5 N–H and O–H groups in total. The first-order valence-corrected chi connectivity index (χ1v) is 8.52. The van der Waals surface area contributed by atoms with Gasteiger partial charge in [0.2, 0.25) is 6.29 Å². The van der Waals surface area contributed by atoms with Gasteiger partial charge in [-0.05, 0) is 6.92 Å². The van der Waals surface area contributed by atoms with Crippen molar-refractivity contribution in [1.29, 1.82) is 0 Å². The van der Waals surface area contributed by atoms with Crippen LogP contribution < -0.4 is 0 Å². The maximum Gasteiger partial charge on any atom is 0.337 e. The summed E-state index contributed by atoms with van der Waals surface area (Å²) in [7, 11) is 1.15. The molecule has 2 aliphatic rings. The zero-order valence-corrected chi connectivity index (χ0v) is 15.3. The summed E-state index contributed by atoms with van der Waals surface area (Å²) in [6, 6.07) is 0. The summed E-state index contributed by atoms with van der Waals surface area (Å²) in [6.45, 7) is 0.943. The first-order chi connectivity index (χ1) is 13.2. The number of carboxylic acids is 1. The Morgan fingerprint density at radius 2 is 1.89 bits per heavy atom. The molecule has 1 saturated heterocycles. The van der Waals surface area contributed by atoms with Crippen LogP contribution in [0.5, 0.6) is 0 Å². The van der Waals surface area contributed by atoms with Crippen LogP contribution in [0.25, 0.3) is 0 Å². The van der Waals surface area contributed by atoms with Crippen molar-refractivity contribution >= 4 is 11.9 Å². The predicted octanol–water partition coefficient (Wildman–Crippen LogP) is -1.75. The predicted molar refractivity (Wildman–Crippen MR) is 89.3 cm³/mol. The van der Waals surface area contributed by atoms with E-state index in [2.05, 4.69) is 4.74 Å². The standard InChI is InChI=1S/C17H24O11/c1-3-7-8(4-11(19)20)9(15(24)25-2)6-26-16(7)28-17-14(23)13(22)12(21)10(5-18)27-17/h3,6,8,10,12-14,16-18,21-23H,4-5H2,1-2H3,(H,19,20)/b7-3+/t8-,10-,12-,13+,14-,16-,17+/m1/s1. The Labute approximate surface area is 160 Å². The highest BCUT2D eigenvalue weighted by Crippen LogP contribution is 2.35. The fraction of sp³-hybridized carbons (Fsp3) is 0.647. The molecule has 0 radical (unpaired) electrons. The Morgan fingerprint density at radius 1 is 1.21 bits per heavy atom. The van der Waals surface area contributed by atoms with E-state index < -0.39 is 67.9 Å². The minimum absolute atomic E-state index is 0.0216. The van der Waals surface area contributed by atoms with Gasteiger partial charge in [0.05, 0.1) is 32.0 Å². The fourth-order valence-corrected chi connectivity index (χ4v) is 3.10. The number of rotatable bonds is 6. The Kier molecular flexibility index (Phi) is 7.52. The highest BCUT2D eigenvalue weighted by Gasteiger charge is 2.46. The van der Waals surface area contributed by atoms with E-state index in [1.165, 1.54) is 6.08 Å². The quantitative estimate of drug-likeness (QED) is 0.251. The summed E-state index contributed by atoms with van der Waals surface area (Å²) >= 11 is 0. The van der Waals surface area contributed by atoms with Gasteiger partial charge in [0.25, 0.3) is 0 Å². The number of carbonyl (C=O) groups is 2. The lowest BCUT2D eigenvalue weighted by atomic mass is 9.86. The van der Waals surface area contributed by atoms with E-state index in [0.717, 1.165) is 13.4 Å². The molecule has 158 valence electrons. The van der Waals surface area contributed by atoms with Crippen molar-refractivity contribution in [3.05, 3.63) is 23.5 Å². The SMILES string of the molecule is C/C=C1/[C@@H](O[C@@H]2O[C@H](CO)[C@@H](O)[C@H](O)[C@H]2O)OC=C(C(=O)OC)[C@@H]1CC(=O)O. The van der Waals surface area contributed by atoms with E-state index >= 15 is 0 Å². The number of esters is 1. The third kappa shape index (κ3) is 4.51. The number of aliphatic carboxylic acids is 1. The average Bonchev–Trinajstić information content (AvgIpc) is 2.67. The van der Waals surface area contributed by atoms with Crippen LogP contribution in [0.4, 0.5) is 0 Å². The molecule has 28 heavy (non-hydrogen) atoms. The van der Waals surface area contributed by atoms with Crippen molar-refractivity contribution in [2.45, 2.75) is 50.3 Å². The fourth-order valence-electron chi connectivity index (χ4n) is 3.10. The molecule has 0 bridgehead atoms. The Morgan fingerprint density at radius 3 is 2.43 bits per heavy atom. The molecule has 2 heterocycles. The zero-order valence-electron chi connectivity index (χ0n) is 15.3. The summed E-state index contributed by atoms with van der Waals surface area (Å²) in [6.07, 6.45) is -6.72. The van der Waals surface area contributed by atoms with Crippen molar-refractivity contribution in [2.24, 2.45) is 5.92 Å². The molecule has 7 atom stereocenters. The number of ether oxygens (including phenoxy) is 4. The normalized spacial score (nSPS) is 37.1. The van der Waals surface area contributed by atoms with Crippen LogP contribution in [0.2, 0.25) is 0 Å². The minimum Gasteiger partial charge on any atom is -0.481 e. The van der Waals surface area contributed by atoms with Gasteiger partial charge in [0, 0.05) is 11.5 Å². The van der Waals surface area contributed by atoms with Gasteiger partial charge in [-0.1, -0.05) is 6.08 Å². The van der Waals surface area contributed by atoms with Gasteiger partial charge < -0.3 is 44.5 Å². The lowest BCUT2D eigenvalue weighted by Gasteiger charge is -2.41. The first-order valence-electron chi connectivity index (χ1n) is 8.52. The molecule has 0 aromatic carbocycles. The number of hydrogen-bond donors (Lipinski definition) is 5.